The molecular weight excluding hydrogens is 807 g/mol. The maximum Gasteiger partial charge on any atom is 0.0462 e. The molecule has 0 spiro atoms. The molecule has 11 rings (SSSR count). The third-order valence-corrected chi connectivity index (χ3v) is 12.7. The van der Waals surface area contributed by atoms with Gasteiger partial charge in [0, 0.05) is 17.1 Å². The fraction of sp³-hybridized carbons (Fsp3) is 0. The van der Waals surface area contributed by atoms with Crippen LogP contribution in [-0.4, -0.2) is 0 Å². The summed E-state index contributed by atoms with van der Waals surface area (Å²) < 4.78 is 0. The van der Waals surface area contributed by atoms with Gasteiger partial charge in [0.15, 0.2) is 0 Å². The van der Waals surface area contributed by atoms with Gasteiger partial charge in [-0.05, 0) is 156 Å². The molecule has 0 radical (unpaired) electrons. The molecule has 0 saturated heterocycles. The molecule has 0 bridgehead atoms. The molecule has 11 aromatic carbocycles. The standard InChI is InChI=1S/C66H47N/c1-4-15-48(16-5-1)54-21-10-24-57(43-54)51-31-37-64(38-32-51)67(65-39-33-52(34-40-65)58-25-13-29-62(46-58)60-27-11-22-55(44-60)49-17-6-2-7-18-49)66-41-35-53(36-42-66)59-26-14-30-63(47-59)61-28-12-23-56(45-61)50-19-8-3-9-20-50/h1-47H. The van der Waals surface area contributed by atoms with Crippen LogP contribution in [0.15, 0.2) is 285 Å². The molecule has 316 valence electrons. The van der Waals surface area contributed by atoms with Gasteiger partial charge in [0.05, 0.1) is 0 Å². The minimum absolute atomic E-state index is 1.09. The van der Waals surface area contributed by atoms with Crippen molar-refractivity contribution < 1.29 is 0 Å². The van der Waals surface area contributed by atoms with Crippen LogP contribution in [0.4, 0.5) is 17.1 Å². The van der Waals surface area contributed by atoms with Gasteiger partial charge in [0.2, 0.25) is 0 Å². The van der Waals surface area contributed by atoms with Crippen molar-refractivity contribution in [2.24, 2.45) is 0 Å². The first kappa shape index (κ1) is 41.0. The zero-order valence-corrected chi connectivity index (χ0v) is 37.1. The fourth-order valence-electron chi connectivity index (χ4n) is 9.14. The predicted molar refractivity (Wildman–Crippen MR) is 285 cm³/mol. The van der Waals surface area contributed by atoms with Crippen molar-refractivity contribution in [3.8, 4) is 89.0 Å². The number of anilines is 3. The van der Waals surface area contributed by atoms with E-state index in [1.807, 2.05) is 0 Å². The summed E-state index contributed by atoms with van der Waals surface area (Å²) in [5, 5.41) is 0. The lowest BCUT2D eigenvalue weighted by Crippen LogP contribution is -2.09. The zero-order chi connectivity index (χ0) is 44.8. The summed E-state index contributed by atoms with van der Waals surface area (Å²) in [6.07, 6.45) is 0. The molecule has 0 saturated carbocycles. The van der Waals surface area contributed by atoms with Gasteiger partial charge in [-0.25, -0.2) is 0 Å². The second-order valence-corrected chi connectivity index (χ2v) is 17.0. The van der Waals surface area contributed by atoms with E-state index in [4.69, 9.17) is 0 Å². The first-order valence-corrected chi connectivity index (χ1v) is 23.0. The first-order valence-electron chi connectivity index (χ1n) is 23.0. The van der Waals surface area contributed by atoms with Crippen molar-refractivity contribution >= 4 is 17.1 Å². The van der Waals surface area contributed by atoms with E-state index in [1.165, 1.54) is 89.0 Å². The SMILES string of the molecule is c1ccc(-c2cccc(-c3ccc(N(c4ccc(-c5cccc(-c6cccc(-c7ccccc7)c6)c5)cc4)c4ccc(-c5cccc(-c6cccc(-c7ccccc7)c6)c5)cc4)cc3)c2)cc1. The number of nitrogens with zero attached hydrogens (tertiary/aromatic N) is 1. The highest BCUT2D eigenvalue weighted by atomic mass is 15.1. The van der Waals surface area contributed by atoms with E-state index >= 15 is 0 Å². The molecule has 0 aliphatic rings. The molecule has 0 atom stereocenters. The number of rotatable bonds is 11. The first-order chi connectivity index (χ1) is 33.2. The minimum atomic E-state index is 1.09. The summed E-state index contributed by atoms with van der Waals surface area (Å²) in [5.41, 5.74) is 22.4. The Morgan fingerprint density at radius 1 is 0.134 bits per heavy atom. The predicted octanol–water partition coefficient (Wildman–Crippen LogP) is 18.5. The molecule has 0 heterocycles. The van der Waals surface area contributed by atoms with Gasteiger partial charge in [-0.2, -0.15) is 0 Å². The van der Waals surface area contributed by atoms with Crippen LogP contribution >= 0.6 is 0 Å². The fourth-order valence-corrected chi connectivity index (χ4v) is 9.14. The summed E-state index contributed by atoms with van der Waals surface area (Å²) in [6, 6.07) is 103. The van der Waals surface area contributed by atoms with Gasteiger partial charge in [-0.15, -0.1) is 0 Å². The van der Waals surface area contributed by atoms with Crippen LogP contribution in [0.25, 0.3) is 89.0 Å². The second-order valence-electron chi connectivity index (χ2n) is 17.0. The van der Waals surface area contributed by atoms with Crippen LogP contribution in [0.3, 0.4) is 0 Å². The smallest absolute Gasteiger partial charge is 0.0462 e. The lowest BCUT2D eigenvalue weighted by molar-refractivity contribution is 1.28. The Labute approximate surface area is 394 Å². The molecule has 0 fully saturated rings. The van der Waals surface area contributed by atoms with Crippen LogP contribution < -0.4 is 4.90 Å². The molecule has 0 N–H and O–H groups in total. The van der Waals surface area contributed by atoms with Crippen molar-refractivity contribution in [3.63, 3.8) is 0 Å². The molecule has 0 aromatic heterocycles. The Hall–Kier alpha value is -8.78. The van der Waals surface area contributed by atoms with Gasteiger partial charge < -0.3 is 4.90 Å². The lowest BCUT2D eigenvalue weighted by atomic mass is 9.96. The van der Waals surface area contributed by atoms with Gasteiger partial charge in [-0.1, -0.05) is 218 Å². The molecule has 0 aliphatic heterocycles. The van der Waals surface area contributed by atoms with Gasteiger partial charge in [-0.3, -0.25) is 0 Å². The molecule has 67 heavy (non-hydrogen) atoms. The normalized spacial score (nSPS) is 11.0. The average Bonchev–Trinajstić information content (AvgIpc) is 3.42. The second kappa shape index (κ2) is 18.7. The maximum atomic E-state index is 2.36. The highest BCUT2D eigenvalue weighted by Crippen LogP contribution is 2.39. The van der Waals surface area contributed by atoms with Crippen molar-refractivity contribution in [1.82, 2.24) is 0 Å². The van der Waals surface area contributed by atoms with E-state index < -0.39 is 0 Å². The van der Waals surface area contributed by atoms with E-state index in [1.54, 1.807) is 0 Å². The van der Waals surface area contributed by atoms with Crippen LogP contribution in [0.5, 0.6) is 0 Å². The number of hydrogen-bond acceptors (Lipinski definition) is 1. The Kier molecular flexibility index (Phi) is 11.5. The summed E-state index contributed by atoms with van der Waals surface area (Å²) >= 11 is 0. The summed E-state index contributed by atoms with van der Waals surface area (Å²) in [6.45, 7) is 0. The third kappa shape index (κ3) is 9.00. The minimum Gasteiger partial charge on any atom is -0.311 e. The van der Waals surface area contributed by atoms with Crippen LogP contribution in [0.1, 0.15) is 0 Å². The summed E-state index contributed by atoms with van der Waals surface area (Å²) in [7, 11) is 0. The van der Waals surface area contributed by atoms with E-state index in [9.17, 15) is 0 Å². The lowest BCUT2D eigenvalue weighted by Gasteiger charge is -2.26. The van der Waals surface area contributed by atoms with E-state index in [-0.39, 0.29) is 0 Å². The Bertz CT molecular complexity index is 3240. The summed E-state index contributed by atoms with van der Waals surface area (Å²) in [4.78, 5) is 2.36. The number of benzene rings is 11. The quantitative estimate of drug-likeness (QED) is 0.125. The third-order valence-electron chi connectivity index (χ3n) is 12.7. The topological polar surface area (TPSA) is 3.24 Å². The highest BCUT2D eigenvalue weighted by Gasteiger charge is 2.15. The number of hydrogen-bond donors (Lipinski definition) is 0. The van der Waals surface area contributed by atoms with Gasteiger partial charge in [0.25, 0.3) is 0 Å². The van der Waals surface area contributed by atoms with Gasteiger partial charge in [0.1, 0.15) is 0 Å². The molecule has 0 amide bonds. The van der Waals surface area contributed by atoms with Crippen molar-refractivity contribution in [2.45, 2.75) is 0 Å². The van der Waals surface area contributed by atoms with Crippen LogP contribution in [0, 0.1) is 0 Å². The van der Waals surface area contributed by atoms with Crippen molar-refractivity contribution in [3.05, 3.63) is 285 Å². The summed E-state index contributed by atoms with van der Waals surface area (Å²) in [5.74, 6) is 0. The molecule has 0 unspecified atom stereocenters. The van der Waals surface area contributed by atoms with Crippen molar-refractivity contribution in [1.29, 1.82) is 0 Å². The Morgan fingerprint density at radius 2 is 0.299 bits per heavy atom. The van der Waals surface area contributed by atoms with Crippen LogP contribution in [-0.2, 0) is 0 Å². The highest BCUT2D eigenvalue weighted by molar-refractivity contribution is 5.84. The molecule has 0 aliphatic carbocycles. The molecule has 1 heteroatoms. The average molecular weight is 854 g/mol. The van der Waals surface area contributed by atoms with Crippen LogP contribution in [0.2, 0.25) is 0 Å². The Morgan fingerprint density at radius 3 is 0.507 bits per heavy atom. The zero-order valence-electron chi connectivity index (χ0n) is 37.1. The molecule has 11 aromatic rings. The monoisotopic (exact) mass is 853 g/mol. The molecular formula is C66H47N. The van der Waals surface area contributed by atoms with E-state index in [0.29, 0.717) is 0 Å². The Balaban J connectivity index is 0.915. The van der Waals surface area contributed by atoms with Crippen molar-refractivity contribution in [2.75, 3.05) is 4.90 Å². The van der Waals surface area contributed by atoms with E-state index in [0.717, 1.165) is 17.1 Å². The van der Waals surface area contributed by atoms with E-state index in [2.05, 4.69) is 290 Å². The maximum absolute atomic E-state index is 2.36. The molecule has 1 nitrogen and oxygen atoms in total. The largest absolute Gasteiger partial charge is 0.311 e. The van der Waals surface area contributed by atoms with Gasteiger partial charge >= 0.3 is 0 Å².